The Bertz CT molecular complexity index is 538. The maximum absolute atomic E-state index is 13.4. The quantitative estimate of drug-likeness (QED) is 0.577. The lowest BCUT2D eigenvalue weighted by Gasteiger charge is -2.10. The number of hydrogen-bond acceptors (Lipinski definition) is 4. The zero-order valence-corrected chi connectivity index (χ0v) is 13.4. The predicted molar refractivity (Wildman–Crippen MR) is 81.7 cm³/mol. The number of nitrogens with zero attached hydrogens (tertiary/aromatic N) is 1. The third-order valence-corrected chi connectivity index (χ3v) is 3.22. The third-order valence-electron chi connectivity index (χ3n) is 2.61. The van der Waals surface area contributed by atoms with E-state index in [-0.39, 0.29) is 34.7 Å². The molecule has 2 N–H and O–H groups in total. The predicted octanol–water partition coefficient (Wildman–Crippen LogP) is 3.07. The van der Waals surface area contributed by atoms with Crippen LogP contribution in [0.15, 0.2) is 16.6 Å². The van der Waals surface area contributed by atoms with Gasteiger partial charge in [0.1, 0.15) is 11.5 Å². The van der Waals surface area contributed by atoms with Crippen LogP contribution in [0.2, 0.25) is 0 Å². The zero-order chi connectivity index (χ0) is 16.0. The Kier molecular flexibility index (Phi) is 6.54. The lowest BCUT2D eigenvalue weighted by Crippen LogP contribution is -2.28. The van der Waals surface area contributed by atoms with Crippen LogP contribution in [0.4, 0.5) is 15.8 Å². The first-order valence-electron chi connectivity index (χ1n) is 6.45. The molecule has 0 heterocycles. The van der Waals surface area contributed by atoms with Gasteiger partial charge < -0.3 is 10.6 Å². The van der Waals surface area contributed by atoms with Crippen LogP contribution in [0.3, 0.4) is 0 Å². The smallest absolute Gasteiger partial charge is 0.293 e. The number of halogens is 2. The Hall–Kier alpha value is -1.70. The van der Waals surface area contributed by atoms with Gasteiger partial charge in [0.15, 0.2) is 0 Å². The number of benzene rings is 1. The lowest BCUT2D eigenvalue weighted by molar-refractivity contribution is -0.384. The van der Waals surface area contributed by atoms with Gasteiger partial charge in [0.2, 0.25) is 5.91 Å². The molecule has 116 valence electrons. The molecule has 8 heteroatoms. The van der Waals surface area contributed by atoms with E-state index < -0.39 is 10.7 Å². The van der Waals surface area contributed by atoms with Crippen molar-refractivity contribution in [1.29, 1.82) is 0 Å². The molecule has 1 aromatic carbocycles. The first-order valence-corrected chi connectivity index (χ1v) is 7.24. The van der Waals surface area contributed by atoms with E-state index >= 15 is 0 Å². The largest absolute Gasteiger partial charge is 0.379 e. The molecular formula is C13H17BrFN3O3. The fraction of sp³-hybridized carbons (Fsp3) is 0.462. The van der Waals surface area contributed by atoms with Crippen LogP contribution in [-0.2, 0) is 4.79 Å². The van der Waals surface area contributed by atoms with Gasteiger partial charge in [-0.25, -0.2) is 4.39 Å². The second kappa shape index (κ2) is 7.92. The van der Waals surface area contributed by atoms with Crippen molar-refractivity contribution in [1.82, 2.24) is 5.32 Å². The van der Waals surface area contributed by atoms with Gasteiger partial charge in [0.05, 0.1) is 9.40 Å². The number of nitro groups is 1. The molecule has 0 aliphatic carbocycles. The zero-order valence-electron chi connectivity index (χ0n) is 11.8. The SMILES string of the molecule is CC(C)CNC(=O)CCNc1cc(F)c(Br)cc1[N+](=O)[O-]. The number of anilines is 1. The molecular weight excluding hydrogens is 345 g/mol. The van der Waals surface area contributed by atoms with Crippen molar-refractivity contribution in [2.75, 3.05) is 18.4 Å². The molecule has 0 fully saturated rings. The normalized spacial score (nSPS) is 10.5. The number of carbonyl (C=O) groups is 1. The van der Waals surface area contributed by atoms with Crippen molar-refractivity contribution >= 4 is 33.2 Å². The number of rotatable bonds is 7. The fourth-order valence-corrected chi connectivity index (χ4v) is 1.88. The molecule has 0 radical (unpaired) electrons. The van der Waals surface area contributed by atoms with Gasteiger partial charge in [-0.05, 0) is 21.8 Å². The van der Waals surface area contributed by atoms with Crippen LogP contribution in [-0.4, -0.2) is 23.9 Å². The van der Waals surface area contributed by atoms with E-state index in [4.69, 9.17) is 0 Å². The van der Waals surface area contributed by atoms with Crippen LogP contribution in [0.1, 0.15) is 20.3 Å². The Morgan fingerprint density at radius 3 is 2.71 bits per heavy atom. The Morgan fingerprint density at radius 1 is 1.48 bits per heavy atom. The molecule has 0 saturated heterocycles. The van der Waals surface area contributed by atoms with Crippen LogP contribution in [0.25, 0.3) is 0 Å². The second-order valence-electron chi connectivity index (χ2n) is 4.92. The van der Waals surface area contributed by atoms with Gasteiger partial charge in [-0.1, -0.05) is 13.8 Å². The summed E-state index contributed by atoms with van der Waals surface area (Å²) < 4.78 is 13.5. The van der Waals surface area contributed by atoms with Crippen LogP contribution >= 0.6 is 15.9 Å². The van der Waals surface area contributed by atoms with Gasteiger partial charge in [-0.15, -0.1) is 0 Å². The van der Waals surface area contributed by atoms with E-state index in [1.165, 1.54) is 0 Å². The Labute approximate surface area is 130 Å². The van der Waals surface area contributed by atoms with Crippen LogP contribution in [0.5, 0.6) is 0 Å². The summed E-state index contributed by atoms with van der Waals surface area (Å²) in [5.41, 5.74) is -0.191. The highest BCUT2D eigenvalue weighted by molar-refractivity contribution is 9.10. The molecule has 0 aromatic heterocycles. The minimum atomic E-state index is -0.606. The van der Waals surface area contributed by atoms with Crippen LogP contribution < -0.4 is 10.6 Å². The van der Waals surface area contributed by atoms with Gasteiger partial charge >= 0.3 is 0 Å². The van der Waals surface area contributed by atoms with Crippen molar-refractivity contribution in [2.45, 2.75) is 20.3 Å². The molecule has 0 bridgehead atoms. The molecule has 0 spiro atoms. The molecule has 0 atom stereocenters. The number of amides is 1. The third kappa shape index (κ3) is 5.66. The van der Waals surface area contributed by atoms with E-state index in [0.717, 1.165) is 12.1 Å². The lowest BCUT2D eigenvalue weighted by atomic mass is 10.2. The van der Waals surface area contributed by atoms with Crippen molar-refractivity contribution < 1.29 is 14.1 Å². The molecule has 0 saturated carbocycles. The van der Waals surface area contributed by atoms with Crippen LogP contribution in [0, 0.1) is 21.8 Å². The highest BCUT2D eigenvalue weighted by Gasteiger charge is 2.17. The van der Waals surface area contributed by atoms with E-state index in [1.54, 1.807) is 0 Å². The molecule has 1 aromatic rings. The molecule has 1 rings (SSSR count). The number of nitro benzene ring substituents is 1. The maximum atomic E-state index is 13.4. The summed E-state index contributed by atoms with van der Waals surface area (Å²) in [5.74, 6) is -0.410. The average Bonchev–Trinajstić information content (AvgIpc) is 2.39. The summed E-state index contributed by atoms with van der Waals surface area (Å²) in [6.07, 6.45) is 0.154. The van der Waals surface area contributed by atoms with Crippen molar-refractivity contribution in [3.05, 3.63) is 32.5 Å². The van der Waals surface area contributed by atoms with E-state index in [1.807, 2.05) is 13.8 Å². The molecule has 21 heavy (non-hydrogen) atoms. The van der Waals surface area contributed by atoms with Gasteiger partial charge in [-0.2, -0.15) is 0 Å². The summed E-state index contributed by atoms with van der Waals surface area (Å²) in [5, 5.41) is 16.4. The van der Waals surface area contributed by atoms with Crippen molar-refractivity contribution in [2.24, 2.45) is 5.92 Å². The number of nitrogens with one attached hydrogen (secondary N) is 2. The van der Waals surface area contributed by atoms with E-state index in [2.05, 4.69) is 26.6 Å². The Morgan fingerprint density at radius 2 is 2.14 bits per heavy atom. The van der Waals surface area contributed by atoms with E-state index in [9.17, 15) is 19.3 Å². The molecule has 1 amide bonds. The molecule has 0 aliphatic heterocycles. The topological polar surface area (TPSA) is 84.3 Å². The summed E-state index contributed by atoms with van der Waals surface area (Å²) >= 11 is 2.90. The molecule has 0 aliphatic rings. The van der Waals surface area contributed by atoms with Gasteiger partial charge in [0.25, 0.3) is 5.69 Å². The van der Waals surface area contributed by atoms with Crippen molar-refractivity contribution in [3.63, 3.8) is 0 Å². The minimum Gasteiger partial charge on any atom is -0.379 e. The fourth-order valence-electron chi connectivity index (χ4n) is 1.55. The van der Waals surface area contributed by atoms with Crippen molar-refractivity contribution in [3.8, 4) is 0 Å². The van der Waals surface area contributed by atoms with Gasteiger partial charge in [-0.3, -0.25) is 14.9 Å². The monoisotopic (exact) mass is 361 g/mol. The minimum absolute atomic E-state index is 0.0226. The maximum Gasteiger partial charge on any atom is 0.293 e. The Balaban J connectivity index is 2.61. The first-order chi connectivity index (χ1) is 9.81. The molecule has 6 nitrogen and oxygen atoms in total. The number of hydrogen-bond donors (Lipinski definition) is 2. The van der Waals surface area contributed by atoms with Gasteiger partial charge in [0, 0.05) is 31.6 Å². The van der Waals surface area contributed by atoms with E-state index in [0.29, 0.717) is 12.5 Å². The molecule has 0 unspecified atom stereocenters. The summed E-state index contributed by atoms with van der Waals surface area (Å²) in [6.45, 7) is 4.72. The standard InChI is InChI=1S/C13H17BrFN3O3/c1-8(2)7-17-13(19)3-4-16-11-6-10(15)9(14)5-12(11)18(20)21/h5-6,8,16H,3-4,7H2,1-2H3,(H,17,19). The number of carbonyl (C=O) groups excluding carboxylic acids is 1. The summed E-state index contributed by atoms with van der Waals surface area (Å²) in [7, 11) is 0. The first kappa shape index (κ1) is 17.4. The summed E-state index contributed by atoms with van der Waals surface area (Å²) in [6, 6.07) is 2.13. The average molecular weight is 362 g/mol. The summed E-state index contributed by atoms with van der Waals surface area (Å²) in [4.78, 5) is 21.8. The highest BCUT2D eigenvalue weighted by atomic mass is 79.9. The second-order valence-corrected chi connectivity index (χ2v) is 5.77. The highest BCUT2D eigenvalue weighted by Crippen LogP contribution is 2.30.